The van der Waals surface area contributed by atoms with E-state index >= 15 is 0 Å². The first kappa shape index (κ1) is 17.5. The number of para-hydroxylation sites is 2. The van der Waals surface area contributed by atoms with Gasteiger partial charge in [-0.05, 0) is 42.3 Å². The van der Waals surface area contributed by atoms with Gasteiger partial charge >= 0.3 is 5.97 Å². The van der Waals surface area contributed by atoms with Crippen molar-refractivity contribution in [3.63, 3.8) is 0 Å². The van der Waals surface area contributed by atoms with Crippen LogP contribution in [0.4, 0.5) is 5.95 Å². The van der Waals surface area contributed by atoms with Gasteiger partial charge in [-0.2, -0.15) is 0 Å². The summed E-state index contributed by atoms with van der Waals surface area (Å²) in [6, 6.07) is 22.1. The van der Waals surface area contributed by atoms with Gasteiger partial charge in [0.15, 0.2) is 0 Å². The van der Waals surface area contributed by atoms with Crippen LogP contribution in [0.3, 0.4) is 0 Å². The molecule has 29 heavy (non-hydrogen) atoms. The standard InChI is InChI=1S/C24H21N3O2/c1-3-29-23(28)21-15(2)25-24-26-19-13-6-7-14-20(19)27(24)22(21)18-12-8-10-16-9-4-5-11-17(16)18/h4-14,22H,3H2,1-2H3,(H,25,26)/t22-/m0/s1. The summed E-state index contributed by atoms with van der Waals surface area (Å²) >= 11 is 0. The first-order valence-corrected chi connectivity index (χ1v) is 9.78. The molecule has 5 nitrogen and oxygen atoms in total. The van der Waals surface area contributed by atoms with E-state index in [1.807, 2.05) is 56.3 Å². The van der Waals surface area contributed by atoms with Gasteiger partial charge in [-0.25, -0.2) is 9.78 Å². The molecule has 0 unspecified atom stereocenters. The Kier molecular flexibility index (Phi) is 4.09. The minimum atomic E-state index is -0.330. The van der Waals surface area contributed by atoms with Gasteiger partial charge < -0.3 is 10.1 Å². The maximum absolute atomic E-state index is 13.0. The predicted octanol–water partition coefficient (Wildman–Crippen LogP) is 5.04. The molecule has 3 aromatic carbocycles. The second-order valence-corrected chi connectivity index (χ2v) is 7.15. The van der Waals surface area contributed by atoms with Gasteiger partial charge in [0, 0.05) is 5.70 Å². The van der Waals surface area contributed by atoms with E-state index < -0.39 is 0 Å². The van der Waals surface area contributed by atoms with Gasteiger partial charge in [-0.1, -0.05) is 54.6 Å². The molecule has 0 aliphatic carbocycles. The number of allylic oxidation sites excluding steroid dienone is 1. The molecule has 0 fully saturated rings. The number of esters is 1. The molecule has 0 saturated carbocycles. The van der Waals surface area contributed by atoms with Gasteiger partial charge in [-0.15, -0.1) is 0 Å². The summed E-state index contributed by atoms with van der Waals surface area (Å²) in [6.45, 7) is 4.07. The molecular weight excluding hydrogens is 362 g/mol. The lowest BCUT2D eigenvalue weighted by Crippen LogP contribution is -2.29. The zero-order chi connectivity index (χ0) is 20.0. The van der Waals surface area contributed by atoms with Crippen LogP contribution >= 0.6 is 0 Å². The maximum Gasteiger partial charge on any atom is 0.338 e. The summed E-state index contributed by atoms with van der Waals surface area (Å²) in [5, 5.41) is 5.56. The van der Waals surface area contributed by atoms with E-state index in [-0.39, 0.29) is 12.0 Å². The third-order valence-corrected chi connectivity index (χ3v) is 5.44. The van der Waals surface area contributed by atoms with Crippen molar-refractivity contribution in [2.75, 3.05) is 11.9 Å². The number of imidazole rings is 1. The van der Waals surface area contributed by atoms with Gasteiger partial charge in [-0.3, -0.25) is 4.57 Å². The minimum Gasteiger partial charge on any atom is -0.463 e. The summed E-state index contributed by atoms with van der Waals surface area (Å²) in [4.78, 5) is 17.8. The summed E-state index contributed by atoms with van der Waals surface area (Å²) in [5.41, 5.74) is 4.29. The van der Waals surface area contributed by atoms with Gasteiger partial charge in [0.1, 0.15) is 0 Å². The van der Waals surface area contributed by atoms with Gasteiger partial charge in [0.2, 0.25) is 5.95 Å². The molecule has 1 aliphatic heterocycles. The molecule has 0 saturated heterocycles. The average molecular weight is 383 g/mol. The molecule has 1 aromatic heterocycles. The molecule has 0 amide bonds. The van der Waals surface area contributed by atoms with Crippen LogP contribution in [-0.2, 0) is 9.53 Å². The normalized spacial score (nSPS) is 16.0. The van der Waals surface area contributed by atoms with E-state index in [4.69, 9.17) is 9.72 Å². The summed E-state index contributed by atoms with van der Waals surface area (Å²) in [7, 11) is 0. The highest BCUT2D eigenvalue weighted by Gasteiger charge is 2.35. The zero-order valence-electron chi connectivity index (χ0n) is 16.3. The fraction of sp³-hybridized carbons (Fsp3) is 0.167. The highest BCUT2D eigenvalue weighted by atomic mass is 16.5. The number of anilines is 1. The number of fused-ring (bicyclic) bond motifs is 4. The van der Waals surface area contributed by atoms with Crippen molar-refractivity contribution in [2.24, 2.45) is 0 Å². The number of aromatic nitrogens is 2. The highest BCUT2D eigenvalue weighted by Crippen LogP contribution is 2.41. The third-order valence-electron chi connectivity index (χ3n) is 5.44. The Bertz CT molecular complexity index is 1280. The van der Waals surface area contributed by atoms with Crippen LogP contribution in [0.2, 0.25) is 0 Å². The Morgan fingerprint density at radius 3 is 2.69 bits per heavy atom. The van der Waals surface area contributed by atoms with Gasteiger partial charge in [0.05, 0.1) is 29.3 Å². The quantitative estimate of drug-likeness (QED) is 0.504. The maximum atomic E-state index is 13.0. The van der Waals surface area contributed by atoms with Crippen LogP contribution in [0.1, 0.15) is 25.5 Å². The number of rotatable bonds is 3. The fourth-order valence-corrected chi connectivity index (χ4v) is 4.22. The Morgan fingerprint density at radius 2 is 1.83 bits per heavy atom. The second kappa shape index (κ2) is 6.78. The average Bonchev–Trinajstić information content (AvgIpc) is 3.10. The van der Waals surface area contributed by atoms with Crippen molar-refractivity contribution < 1.29 is 9.53 Å². The Labute approximate surface area is 168 Å². The number of hydrogen-bond acceptors (Lipinski definition) is 4. The van der Waals surface area contributed by atoms with Crippen molar-refractivity contribution in [3.05, 3.63) is 83.6 Å². The Hall–Kier alpha value is -3.60. The molecule has 4 aromatic rings. The van der Waals surface area contributed by atoms with Gasteiger partial charge in [0.25, 0.3) is 0 Å². The van der Waals surface area contributed by atoms with E-state index in [0.717, 1.165) is 39.0 Å². The van der Waals surface area contributed by atoms with Crippen molar-refractivity contribution in [2.45, 2.75) is 19.9 Å². The van der Waals surface area contributed by atoms with Crippen LogP contribution in [0, 0.1) is 0 Å². The number of benzene rings is 3. The highest BCUT2D eigenvalue weighted by molar-refractivity contribution is 5.96. The molecule has 1 atom stereocenters. The van der Waals surface area contributed by atoms with Crippen LogP contribution in [-0.4, -0.2) is 22.1 Å². The van der Waals surface area contributed by atoms with E-state index in [0.29, 0.717) is 12.2 Å². The molecular formula is C24H21N3O2. The van der Waals surface area contributed by atoms with Crippen LogP contribution in [0.15, 0.2) is 78.0 Å². The molecule has 0 radical (unpaired) electrons. The lowest BCUT2D eigenvalue weighted by molar-refractivity contribution is -0.139. The monoisotopic (exact) mass is 383 g/mol. The third kappa shape index (κ3) is 2.70. The molecule has 0 spiro atoms. The van der Waals surface area contributed by atoms with E-state index in [1.165, 1.54) is 0 Å². The molecule has 0 bridgehead atoms. The van der Waals surface area contributed by atoms with Crippen molar-refractivity contribution in [1.29, 1.82) is 0 Å². The zero-order valence-corrected chi connectivity index (χ0v) is 16.3. The van der Waals surface area contributed by atoms with Crippen molar-refractivity contribution in [1.82, 2.24) is 9.55 Å². The Balaban J connectivity index is 1.85. The van der Waals surface area contributed by atoms with E-state index in [1.54, 1.807) is 0 Å². The molecule has 5 rings (SSSR count). The van der Waals surface area contributed by atoms with Crippen molar-refractivity contribution in [3.8, 4) is 0 Å². The van der Waals surface area contributed by atoms with E-state index in [2.05, 4.69) is 34.1 Å². The van der Waals surface area contributed by atoms with Crippen molar-refractivity contribution >= 4 is 33.7 Å². The smallest absolute Gasteiger partial charge is 0.338 e. The summed E-state index contributed by atoms with van der Waals surface area (Å²) in [6.07, 6.45) is 0. The van der Waals surface area contributed by atoms with E-state index in [9.17, 15) is 4.79 Å². The molecule has 1 aliphatic rings. The first-order valence-electron chi connectivity index (χ1n) is 9.78. The SMILES string of the molecule is CCOC(=O)C1=C(C)Nc2nc3ccccc3n2[C@H]1c1cccc2ccccc12. The van der Waals surface area contributed by atoms with Crippen LogP contribution in [0.25, 0.3) is 21.8 Å². The lowest BCUT2D eigenvalue weighted by atomic mass is 9.91. The molecule has 5 heteroatoms. The number of nitrogens with one attached hydrogen (secondary N) is 1. The minimum absolute atomic E-state index is 0.307. The second-order valence-electron chi connectivity index (χ2n) is 7.15. The molecule has 144 valence electrons. The van der Waals surface area contributed by atoms with Crippen LogP contribution < -0.4 is 5.32 Å². The fourth-order valence-electron chi connectivity index (χ4n) is 4.22. The lowest BCUT2D eigenvalue weighted by Gasteiger charge is -2.31. The first-order chi connectivity index (χ1) is 14.2. The number of carbonyl (C=O) groups is 1. The predicted molar refractivity (Wildman–Crippen MR) is 115 cm³/mol. The van der Waals surface area contributed by atoms with Crippen LogP contribution in [0.5, 0.6) is 0 Å². The Morgan fingerprint density at radius 1 is 1.07 bits per heavy atom. The largest absolute Gasteiger partial charge is 0.463 e. The number of nitrogens with zero attached hydrogens (tertiary/aromatic N) is 2. The topological polar surface area (TPSA) is 56.1 Å². The molecule has 2 heterocycles. The molecule has 1 N–H and O–H groups in total. The number of ether oxygens (including phenoxy) is 1. The number of carbonyl (C=O) groups excluding carboxylic acids is 1. The number of hydrogen-bond donors (Lipinski definition) is 1. The summed E-state index contributed by atoms with van der Waals surface area (Å²) in [5.74, 6) is 0.425. The summed E-state index contributed by atoms with van der Waals surface area (Å²) < 4.78 is 7.56.